The molecule has 2 aromatic carbocycles. The molecule has 0 spiro atoms. The van der Waals surface area contributed by atoms with Crippen LogP contribution in [0.3, 0.4) is 0 Å². The first-order valence-electron chi connectivity index (χ1n) is 7.77. The highest BCUT2D eigenvalue weighted by molar-refractivity contribution is 5.83. The van der Waals surface area contributed by atoms with Crippen molar-refractivity contribution in [1.29, 1.82) is 0 Å². The molecule has 0 aliphatic rings. The number of benzene rings is 2. The quantitative estimate of drug-likeness (QED) is 0.652. The van der Waals surface area contributed by atoms with Gasteiger partial charge in [-0.1, -0.05) is 48.5 Å². The van der Waals surface area contributed by atoms with E-state index in [1.54, 1.807) is 0 Å². The molecule has 0 saturated carbocycles. The van der Waals surface area contributed by atoms with E-state index in [-0.39, 0.29) is 6.04 Å². The summed E-state index contributed by atoms with van der Waals surface area (Å²) in [6.45, 7) is 2.86. The maximum absolute atomic E-state index is 10.3. The molecule has 0 aliphatic heterocycles. The topological polar surface area (TPSA) is 48.0 Å². The average molecular weight is 294 g/mol. The van der Waals surface area contributed by atoms with Crippen molar-refractivity contribution in [1.82, 2.24) is 10.3 Å². The number of aromatic nitrogens is 1. The highest BCUT2D eigenvalue weighted by atomic mass is 16.3. The summed E-state index contributed by atoms with van der Waals surface area (Å²) < 4.78 is 0. The summed E-state index contributed by atoms with van der Waals surface area (Å²) in [6, 6.07) is 18.2. The highest BCUT2D eigenvalue weighted by Crippen LogP contribution is 2.19. The molecule has 2 atom stereocenters. The fraction of sp³-hybridized carbons (Fsp3) is 0.263. The monoisotopic (exact) mass is 294 g/mol. The molecule has 0 saturated heterocycles. The average Bonchev–Trinajstić information content (AvgIpc) is 2.98. The van der Waals surface area contributed by atoms with Crippen molar-refractivity contribution in [2.45, 2.75) is 25.5 Å². The Bertz CT molecular complexity index is 720. The molecule has 3 heteroatoms. The van der Waals surface area contributed by atoms with Crippen molar-refractivity contribution in [3.05, 3.63) is 71.9 Å². The lowest BCUT2D eigenvalue weighted by Gasteiger charge is -2.20. The Morgan fingerprint density at radius 3 is 2.59 bits per heavy atom. The lowest BCUT2D eigenvalue weighted by Crippen LogP contribution is -2.33. The van der Waals surface area contributed by atoms with Crippen molar-refractivity contribution in [3.63, 3.8) is 0 Å². The smallest absolute Gasteiger partial charge is 0.0940 e. The molecule has 3 aromatic rings. The fourth-order valence-electron chi connectivity index (χ4n) is 2.82. The van der Waals surface area contributed by atoms with Gasteiger partial charge in [-0.2, -0.15) is 0 Å². The summed E-state index contributed by atoms with van der Waals surface area (Å²) in [5, 5.41) is 15.0. The number of para-hydroxylation sites is 1. The van der Waals surface area contributed by atoms with Gasteiger partial charge in [0, 0.05) is 23.1 Å². The van der Waals surface area contributed by atoms with Gasteiger partial charge in [-0.3, -0.25) is 0 Å². The zero-order valence-electron chi connectivity index (χ0n) is 12.8. The Kier molecular flexibility index (Phi) is 4.56. The maximum Gasteiger partial charge on any atom is 0.0940 e. The normalized spacial score (nSPS) is 14.1. The van der Waals surface area contributed by atoms with Crippen LogP contribution >= 0.6 is 0 Å². The second kappa shape index (κ2) is 6.77. The minimum atomic E-state index is -0.482. The van der Waals surface area contributed by atoms with Crippen LogP contribution in [0.4, 0.5) is 0 Å². The van der Waals surface area contributed by atoms with E-state index in [4.69, 9.17) is 0 Å². The van der Waals surface area contributed by atoms with Gasteiger partial charge in [0.05, 0.1) is 6.10 Å². The highest BCUT2D eigenvalue weighted by Gasteiger charge is 2.15. The standard InChI is InChI=1S/C19H22N2O/c1-14(19(22)15-7-3-2-4-8-15)20-12-11-16-13-21-18-10-6-5-9-17(16)18/h2-10,13-14,19-22H,11-12H2,1H3/t14-,19+/m0/s1. The molecule has 0 fully saturated rings. The number of hydrogen-bond acceptors (Lipinski definition) is 2. The number of H-pyrrole nitrogens is 1. The van der Waals surface area contributed by atoms with E-state index in [0.29, 0.717) is 0 Å². The van der Waals surface area contributed by atoms with Crippen molar-refractivity contribution in [2.75, 3.05) is 6.54 Å². The van der Waals surface area contributed by atoms with E-state index in [1.165, 1.54) is 16.5 Å². The van der Waals surface area contributed by atoms with Crippen LogP contribution in [0.5, 0.6) is 0 Å². The summed E-state index contributed by atoms with van der Waals surface area (Å²) >= 11 is 0. The number of aliphatic hydroxyl groups excluding tert-OH is 1. The Morgan fingerprint density at radius 1 is 1.05 bits per heavy atom. The predicted octanol–water partition coefficient (Wildman–Crippen LogP) is 3.42. The van der Waals surface area contributed by atoms with E-state index < -0.39 is 6.10 Å². The molecule has 0 radical (unpaired) electrons. The number of nitrogens with one attached hydrogen (secondary N) is 2. The maximum atomic E-state index is 10.3. The lowest BCUT2D eigenvalue weighted by atomic mass is 10.0. The van der Waals surface area contributed by atoms with E-state index in [9.17, 15) is 5.11 Å². The molecule has 0 unspecified atom stereocenters. The molecule has 0 amide bonds. The van der Waals surface area contributed by atoms with Gasteiger partial charge in [0.2, 0.25) is 0 Å². The number of rotatable bonds is 6. The van der Waals surface area contributed by atoms with Crippen LogP contribution in [-0.2, 0) is 6.42 Å². The Morgan fingerprint density at radius 2 is 1.77 bits per heavy atom. The first-order chi connectivity index (χ1) is 10.8. The molecular formula is C19H22N2O. The third-order valence-electron chi connectivity index (χ3n) is 4.15. The molecule has 3 N–H and O–H groups in total. The van der Waals surface area contributed by atoms with Gasteiger partial charge >= 0.3 is 0 Å². The van der Waals surface area contributed by atoms with Gasteiger partial charge in [0.15, 0.2) is 0 Å². The Balaban J connectivity index is 1.56. The molecule has 22 heavy (non-hydrogen) atoms. The Hall–Kier alpha value is -2.10. The van der Waals surface area contributed by atoms with Crippen molar-refractivity contribution >= 4 is 10.9 Å². The summed E-state index contributed by atoms with van der Waals surface area (Å²) in [6.07, 6.45) is 2.53. The van der Waals surface area contributed by atoms with E-state index >= 15 is 0 Å². The van der Waals surface area contributed by atoms with Crippen molar-refractivity contribution in [3.8, 4) is 0 Å². The zero-order valence-corrected chi connectivity index (χ0v) is 12.8. The minimum absolute atomic E-state index is 0.0209. The van der Waals surface area contributed by atoms with Crippen LogP contribution in [-0.4, -0.2) is 22.7 Å². The van der Waals surface area contributed by atoms with Gasteiger partial charge in [-0.15, -0.1) is 0 Å². The molecular weight excluding hydrogens is 272 g/mol. The summed E-state index contributed by atoms with van der Waals surface area (Å²) in [5.74, 6) is 0. The van der Waals surface area contributed by atoms with Crippen molar-refractivity contribution in [2.24, 2.45) is 0 Å². The summed E-state index contributed by atoms with van der Waals surface area (Å²) in [4.78, 5) is 3.30. The van der Waals surface area contributed by atoms with Crippen LogP contribution in [0.1, 0.15) is 24.2 Å². The fourth-order valence-corrected chi connectivity index (χ4v) is 2.82. The SMILES string of the molecule is C[C@H](NCCc1c[nH]c2ccccc12)[C@@H](O)c1ccccc1. The molecule has 1 heterocycles. The number of aliphatic hydroxyl groups is 1. The number of aromatic amines is 1. The Labute approximate surface area is 131 Å². The number of fused-ring (bicyclic) bond motifs is 1. The second-order valence-corrected chi connectivity index (χ2v) is 5.71. The molecule has 0 aliphatic carbocycles. The zero-order chi connectivity index (χ0) is 15.4. The molecule has 3 rings (SSSR count). The van der Waals surface area contributed by atoms with E-state index in [0.717, 1.165) is 18.5 Å². The van der Waals surface area contributed by atoms with Gasteiger partial charge in [-0.25, -0.2) is 0 Å². The van der Waals surface area contributed by atoms with Gasteiger partial charge in [0.1, 0.15) is 0 Å². The largest absolute Gasteiger partial charge is 0.387 e. The minimum Gasteiger partial charge on any atom is -0.387 e. The first-order valence-corrected chi connectivity index (χ1v) is 7.77. The van der Waals surface area contributed by atoms with E-state index in [1.807, 2.05) is 43.3 Å². The molecule has 0 bridgehead atoms. The van der Waals surface area contributed by atoms with Gasteiger partial charge < -0.3 is 15.4 Å². The van der Waals surface area contributed by atoms with Gasteiger partial charge in [0.25, 0.3) is 0 Å². The van der Waals surface area contributed by atoms with Crippen molar-refractivity contribution < 1.29 is 5.11 Å². The van der Waals surface area contributed by atoms with Crippen LogP contribution in [0.15, 0.2) is 60.8 Å². The molecule has 1 aromatic heterocycles. The predicted molar refractivity (Wildman–Crippen MR) is 90.9 cm³/mol. The lowest BCUT2D eigenvalue weighted by molar-refractivity contribution is 0.136. The molecule has 3 nitrogen and oxygen atoms in total. The second-order valence-electron chi connectivity index (χ2n) is 5.71. The summed E-state index contributed by atoms with van der Waals surface area (Å²) in [7, 11) is 0. The molecule has 114 valence electrons. The number of hydrogen-bond donors (Lipinski definition) is 3. The van der Waals surface area contributed by atoms with Crippen LogP contribution in [0.25, 0.3) is 10.9 Å². The van der Waals surface area contributed by atoms with Crippen LogP contribution in [0.2, 0.25) is 0 Å². The third-order valence-corrected chi connectivity index (χ3v) is 4.15. The third kappa shape index (κ3) is 3.21. The van der Waals surface area contributed by atoms with Gasteiger partial charge in [-0.05, 0) is 37.1 Å². The van der Waals surface area contributed by atoms with E-state index in [2.05, 4.69) is 34.7 Å². The summed E-state index contributed by atoms with van der Waals surface area (Å²) in [5.41, 5.74) is 3.44. The first kappa shape index (κ1) is 14.8. The van der Waals surface area contributed by atoms with Crippen LogP contribution in [0, 0.1) is 0 Å². The van der Waals surface area contributed by atoms with Crippen LogP contribution < -0.4 is 5.32 Å².